The lowest BCUT2D eigenvalue weighted by Crippen LogP contribution is -2.16. The van der Waals surface area contributed by atoms with E-state index in [1.54, 1.807) is 0 Å². The minimum atomic E-state index is -0.216. The Morgan fingerprint density at radius 3 is 0.871 bits per heavy atom. The van der Waals surface area contributed by atoms with Gasteiger partial charge in [0.1, 0.15) is 0 Å². The lowest BCUT2D eigenvalue weighted by Gasteiger charge is -2.28. The molecule has 11 aromatic rings. The van der Waals surface area contributed by atoms with Crippen LogP contribution in [0.1, 0.15) is 25.0 Å². The Hall–Kier alpha value is -8.78. The van der Waals surface area contributed by atoms with Gasteiger partial charge in [-0.1, -0.05) is 238 Å². The number of fused-ring (bicyclic) bond motifs is 3. The first-order valence-corrected chi connectivity index (χ1v) is 24.3. The maximum Gasteiger partial charge on any atom is 0.0465 e. The molecule has 0 atom stereocenters. The van der Waals surface area contributed by atoms with Crippen LogP contribution in [0, 0.1) is 0 Å². The minimum absolute atomic E-state index is 0.216. The van der Waals surface area contributed by atoms with Crippen LogP contribution in [0.4, 0.5) is 17.1 Å². The quantitative estimate of drug-likeness (QED) is 0.132. The Kier molecular flexibility index (Phi) is 11.0. The lowest BCUT2D eigenvalue weighted by atomic mass is 9.81. The van der Waals surface area contributed by atoms with Gasteiger partial charge in [0.2, 0.25) is 0 Å². The fraction of sp³-hybridized carbons (Fsp3) is 0.0435. The topological polar surface area (TPSA) is 3.24 Å². The number of rotatable bonds is 10. The summed E-state index contributed by atoms with van der Waals surface area (Å²) in [6.45, 7) is 4.77. The van der Waals surface area contributed by atoms with E-state index in [1.807, 2.05) is 0 Å². The van der Waals surface area contributed by atoms with Gasteiger partial charge in [-0.3, -0.25) is 0 Å². The highest BCUT2D eigenvalue weighted by molar-refractivity contribution is 5.88. The van der Waals surface area contributed by atoms with Crippen LogP contribution in [0.5, 0.6) is 0 Å². The fourth-order valence-corrected chi connectivity index (χ4v) is 10.4. The van der Waals surface area contributed by atoms with Crippen LogP contribution in [0.2, 0.25) is 0 Å². The van der Waals surface area contributed by atoms with E-state index in [2.05, 4.69) is 292 Å². The standard InChI is InChI=1S/C69H51N/c1-69(2)67-46-61(57-31-29-54(30-32-57)53-25-21-51(22-26-53)48-13-6-3-7-14-48)37-43-65(67)66-44-42-64(47-68(66)69)70(62-38-33-56(34-39-62)55-27-23-52(24-28-55)49-15-8-4-9-16-49)63-40-35-58(36-41-63)60-20-12-19-59(45-60)50-17-10-5-11-18-50/h3-47H,1-2H3. The first kappa shape index (κ1) is 42.6. The van der Waals surface area contributed by atoms with E-state index in [0.29, 0.717) is 0 Å². The zero-order chi connectivity index (χ0) is 47.0. The third-order valence-electron chi connectivity index (χ3n) is 14.3. The molecule has 11 aromatic carbocycles. The van der Waals surface area contributed by atoms with Crippen molar-refractivity contribution in [3.63, 3.8) is 0 Å². The van der Waals surface area contributed by atoms with Crippen molar-refractivity contribution in [1.82, 2.24) is 0 Å². The summed E-state index contributed by atoms with van der Waals surface area (Å²) in [6.07, 6.45) is 0. The van der Waals surface area contributed by atoms with E-state index in [4.69, 9.17) is 0 Å². The summed E-state index contributed by atoms with van der Waals surface area (Å²) >= 11 is 0. The molecule has 332 valence electrons. The summed E-state index contributed by atoms with van der Waals surface area (Å²) < 4.78 is 0. The highest BCUT2D eigenvalue weighted by Crippen LogP contribution is 2.52. The number of hydrogen-bond donors (Lipinski definition) is 0. The van der Waals surface area contributed by atoms with Crippen LogP contribution in [0.15, 0.2) is 273 Å². The first-order chi connectivity index (χ1) is 34.4. The van der Waals surface area contributed by atoms with Crippen molar-refractivity contribution in [3.05, 3.63) is 284 Å². The maximum absolute atomic E-state index is 2.43. The molecule has 1 aliphatic rings. The summed E-state index contributed by atoms with van der Waals surface area (Å²) in [4.78, 5) is 2.41. The van der Waals surface area contributed by atoms with Gasteiger partial charge in [0.15, 0.2) is 0 Å². The SMILES string of the molecule is CC1(C)c2cc(-c3ccc(-c4ccc(-c5ccccc5)cc4)cc3)ccc2-c2ccc(N(c3ccc(-c4ccc(-c5ccccc5)cc4)cc3)c3ccc(-c4cccc(-c5ccccc5)c4)cc3)cc21. The Morgan fingerprint density at radius 1 is 0.214 bits per heavy atom. The van der Waals surface area contributed by atoms with Gasteiger partial charge in [-0.15, -0.1) is 0 Å². The predicted molar refractivity (Wildman–Crippen MR) is 297 cm³/mol. The molecule has 1 aliphatic carbocycles. The summed E-state index contributed by atoms with van der Waals surface area (Å²) in [5.74, 6) is 0. The molecule has 0 fully saturated rings. The number of anilines is 3. The molecule has 0 N–H and O–H groups in total. The predicted octanol–water partition coefficient (Wildman–Crippen LogP) is 19.1. The second-order valence-electron chi connectivity index (χ2n) is 19.0. The highest BCUT2D eigenvalue weighted by Gasteiger charge is 2.36. The van der Waals surface area contributed by atoms with Gasteiger partial charge < -0.3 is 4.90 Å². The van der Waals surface area contributed by atoms with E-state index < -0.39 is 0 Å². The average molecular weight is 894 g/mol. The molecule has 1 nitrogen and oxygen atoms in total. The summed E-state index contributed by atoms with van der Waals surface area (Å²) in [5, 5.41) is 0. The largest absolute Gasteiger partial charge is 0.310 e. The molecule has 70 heavy (non-hydrogen) atoms. The van der Waals surface area contributed by atoms with Gasteiger partial charge in [-0.25, -0.2) is 0 Å². The van der Waals surface area contributed by atoms with Crippen LogP contribution in [0.25, 0.3) is 89.0 Å². The van der Waals surface area contributed by atoms with Crippen molar-refractivity contribution in [2.24, 2.45) is 0 Å². The summed E-state index contributed by atoms with van der Waals surface area (Å²) in [7, 11) is 0. The molecule has 0 spiro atoms. The molecular formula is C69H51N. The highest BCUT2D eigenvalue weighted by atomic mass is 15.1. The maximum atomic E-state index is 2.43. The van der Waals surface area contributed by atoms with Gasteiger partial charge in [-0.2, -0.15) is 0 Å². The van der Waals surface area contributed by atoms with E-state index in [0.717, 1.165) is 17.1 Å². The van der Waals surface area contributed by atoms with Crippen molar-refractivity contribution in [2.45, 2.75) is 19.3 Å². The second-order valence-corrected chi connectivity index (χ2v) is 19.0. The van der Waals surface area contributed by atoms with Crippen molar-refractivity contribution in [1.29, 1.82) is 0 Å². The smallest absolute Gasteiger partial charge is 0.0465 e. The first-order valence-electron chi connectivity index (χ1n) is 24.3. The zero-order valence-corrected chi connectivity index (χ0v) is 39.4. The van der Waals surface area contributed by atoms with Crippen molar-refractivity contribution in [3.8, 4) is 89.0 Å². The Balaban J connectivity index is 0.861. The van der Waals surface area contributed by atoms with E-state index >= 15 is 0 Å². The van der Waals surface area contributed by atoms with Crippen molar-refractivity contribution < 1.29 is 0 Å². The molecule has 0 radical (unpaired) electrons. The normalized spacial score (nSPS) is 12.3. The number of hydrogen-bond acceptors (Lipinski definition) is 1. The Labute approximate surface area is 412 Å². The molecule has 0 heterocycles. The fourth-order valence-electron chi connectivity index (χ4n) is 10.4. The Morgan fingerprint density at radius 2 is 0.471 bits per heavy atom. The molecule has 0 bridgehead atoms. The summed E-state index contributed by atoms with van der Waals surface area (Å²) in [5.41, 5.74) is 25.4. The van der Waals surface area contributed by atoms with Gasteiger partial charge in [0.05, 0.1) is 0 Å². The van der Waals surface area contributed by atoms with E-state index in [1.165, 1.54) is 100 Å². The minimum Gasteiger partial charge on any atom is -0.310 e. The number of benzene rings is 11. The monoisotopic (exact) mass is 893 g/mol. The van der Waals surface area contributed by atoms with Gasteiger partial charge in [-0.05, 0) is 149 Å². The third-order valence-corrected chi connectivity index (χ3v) is 14.3. The van der Waals surface area contributed by atoms with Crippen molar-refractivity contribution >= 4 is 17.1 Å². The van der Waals surface area contributed by atoms with Crippen LogP contribution in [-0.2, 0) is 5.41 Å². The molecular weight excluding hydrogens is 843 g/mol. The van der Waals surface area contributed by atoms with Crippen LogP contribution < -0.4 is 4.90 Å². The van der Waals surface area contributed by atoms with Gasteiger partial charge in [0.25, 0.3) is 0 Å². The molecule has 0 saturated carbocycles. The molecule has 12 rings (SSSR count). The van der Waals surface area contributed by atoms with Gasteiger partial charge in [0, 0.05) is 22.5 Å². The van der Waals surface area contributed by atoms with Crippen LogP contribution in [-0.4, -0.2) is 0 Å². The van der Waals surface area contributed by atoms with E-state index in [-0.39, 0.29) is 5.41 Å². The average Bonchev–Trinajstić information content (AvgIpc) is 3.66. The van der Waals surface area contributed by atoms with E-state index in [9.17, 15) is 0 Å². The van der Waals surface area contributed by atoms with Crippen LogP contribution >= 0.6 is 0 Å². The van der Waals surface area contributed by atoms with Crippen LogP contribution in [0.3, 0.4) is 0 Å². The molecule has 1 heteroatoms. The number of nitrogens with zero attached hydrogens (tertiary/aromatic N) is 1. The molecule has 0 aliphatic heterocycles. The zero-order valence-electron chi connectivity index (χ0n) is 39.4. The summed E-state index contributed by atoms with van der Waals surface area (Å²) in [6, 6.07) is 99.7. The Bertz CT molecular complexity index is 3590. The van der Waals surface area contributed by atoms with Gasteiger partial charge >= 0.3 is 0 Å². The third kappa shape index (κ3) is 8.12. The molecule has 0 aromatic heterocycles. The second kappa shape index (κ2) is 18.0. The van der Waals surface area contributed by atoms with Crippen molar-refractivity contribution in [2.75, 3.05) is 4.90 Å². The molecule has 0 unspecified atom stereocenters. The molecule has 0 saturated heterocycles. The lowest BCUT2D eigenvalue weighted by molar-refractivity contribution is 0.660. The molecule has 0 amide bonds.